The highest BCUT2D eigenvalue weighted by Crippen LogP contribution is 2.01. The standard InChI is InChI=1S/C11H22N2O3/c1-3-4-6-9(11(15)16)13-10(14)7-5-8-12-2/h9,12H,3-8H2,1-2H3,(H,13,14)(H,15,16)/t9-/m0/s1. The predicted octanol–water partition coefficient (Wildman–Crippen LogP) is 0.746. The monoisotopic (exact) mass is 230 g/mol. The van der Waals surface area contributed by atoms with E-state index < -0.39 is 12.0 Å². The predicted molar refractivity (Wildman–Crippen MR) is 62.3 cm³/mol. The Labute approximate surface area is 96.6 Å². The number of amides is 1. The molecule has 0 aliphatic carbocycles. The van der Waals surface area contributed by atoms with Crippen molar-refractivity contribution in [1.29, 1.82) is 0 Å². The lowest BCUT2D eigenvalue weighted by Crippen LogP contribution is -2.40. The second kappa shape index (κ2) is 9.15. The lowest BCUT2D eigenvalue weighted by Gasteiger charge is -2.13. The maximum atomic E-state index is 11.4. The van der Waals surface area contributed by atoms with Gasteiger partial charge >= 0.3 is 5.97 Å². The molecule has 0 aromatic rings. The van der Waals surface area contributed by atoms with Crippen LogP contribution in [-0.4, -0.2) is 36.6 Å². The van der Waals surface area contributed by atoms with Gasteiger partial charge in [0.2, 0.25) is 5.91 Å². The SMILES string of the molecule is CCCC[C@H](NC(=O)CCCNC)C(=O)O. The van der Waals surface area contributed by atoms with Crippen LogP contribution in [0.3, 0.4) is 0 Å². The number of rotatable bonds is 9. The van der Waals surface area contributed by atoms with E-state index in [0.717, 1.165) is 25.8 Å². The molecule has 5 heteroatoms. The van der Waals surface area contributed by atoms with E-state index in [9.17, 15) is 9.59 Å². The van der Waals surface area contributed by atoms with E-state index >= 15 is 0 Å². The summed E-state index contributed by atoms with van der Waals surface area (Å²) in [5.74, 6) is -1.13. The molecule has 0 aliphatic heterocycles. The summed E-state index contributed by atoms with van der Waals surface area (Å²) >= 11 is 0. The summed E-state index contributed by atoms with van der Waals surface area (Å²) in [4.78, 5) is 22.2. The van der Waals surface area contributed by atoms with Crippen LogP contribution >= 0.6 is 0 Å². The molecule has 0 spiro atoms. The van der Waals surface area contributed by atoms with Gasteiger partial charge in [0.05, 0.1) is 0 Å². The summed E-state index contributed by atoms with van der Waals surface area (Å²) in [7, 11) is 1.82. The molecule has 0 bridgehead atoms. The van der Waals surface area contributed by atoms with E-state index in [1.54, 1.807) is 0 Å². The van der Waals surface area contributed by atoms with E-state index in [1.807, 2.05) is 14.0 Å². The maximum absolute atomic E-state index is 11.4. The molecule has 0 saturated heterocycles. The smallest absolute Gasteiger partial charge is 0.326 e. The van der Waals surface area contributed by atoms with Crippen LogP contribution in [0.2, 0.25) is 0 Å². The van der Waals surface area contributed by atoms with Crippen molar-refractivity contribution in [2.45, 2.75) is 45.1 Å². The van der Waals surface area contributed by atoms with E-state index in [1.165, 1.54) is 0 Å². The lowest BCUT2D eigenvalue weighted by atomic mass is 10.1. The molecule has 1 atom stereocenters. The molecule has 0 unspecified atom stereocenters. The van der Waals surface area contributed by atoms with Crippen LogP contribution < -0.4 is 10.6 Å². The molecule has 1 amide bonds. The van der Waals surface area contributed by atoms with Gasteiger partial charge in [-0.25, -0.2) is 4.79 Å². The van der Waals surface area contributed by atoms with Crippen molar-refractivity contribution in [3.8, 4) is 0 Å². The molecule has 0 heterocycles. The van der Waals surface area contributed by atoms with Crippen molar-refractivity contribution in [1.82, 2.24) is 10.6 Å². The normalized spacial score (nSPS) is 12.1. The van der Waals surface area contributed by atoms with Gasteiger partial charge in [-0.1, -0.05) is 19.8 Å². The minimum atomic E-state index is -0.949. The van der Waals surface area contributed by atoms with Gasteiger partial charge in [-0.2, -0.15) is 0 Å². The van der Waals surface area contributed by atoms with Crippen molar-refractivity contribution in [3.05, 3.63) is 0 Å². The molecule has 0 aromatic carbocycles. The second-order valence-corrected chi connectivity index (χ2v) is 3.81. The Morgan fingerprint density at radius 1 is 1.31 bits per heavy atom. The average molecular weight is 230 g/mol. The Balaban J connectivity index is 3.88. The summed E-state index contributed by atoms with van der Waals surface area (Å²) < 4.78 is 0. The van der Waals surface area contributed by atoms with Crippen LogP contribution in [0.4, 0.5) is 0 Å². The van der Waals surface area contributed by atoms with Crippen LogP contribution in [0.5, 0.6) is 0 Å². The molecule has 0 saturated carbocycles. The number of hydrogen-bond donors (Lipinski definition) is 3. The molecule has 0 aliphatic rings. The Kier molecular flexibility index (Phi) is 8.52. The highest BCUT2D eigenvalue weighted by Gasteiger charge is 2.18. The molecule has 0 aromatic heterocycles. The summed E-state index contributed by atoms with van der Waals surface area (Å²) in [6, 6.07) is -0.734. The molecule has 16 heavy (non-hydrogen) atoms. The third-order valence-electron chi connectivity index (χ3n) is 2.31. The van der Waals surface area contributed by atoms with Gasteiger partial charge < -0.3 is 15.7 Å². The minimum absolute atomic E-state index is 0.182. The summed E-state index contributed by atoms with van der Waals surface area (Å²) in [5.41, 5.74) is 0. The molecule has 5 nitrogen and oxygen atoms in total. The third-order valence-corrected chi connectivity index (χ3v) is 2.31. The van der Waals surface area contributed by atoms with Crippen molar-refractivity contribution >= 4 is 11.9 Å². The Morgan fingerprint density at radius 2 is 2.00 bits per heavy atom. The van der Waals surface area contributed by atoms with Crippen LogP contribution in [0.1, 0.15) is 39.0 Å². The van der Waals surface area contributed by atoms with Crippen LogP contribution in [0.15, 0.2) is 0 Å². The summed E-state index contributed by atoms with van der Waals surface area (Å²) in [6.07, 6.45) is 3.34. The van der Waals surface area contributed by atoms with Gasteiger partial charge in [0.25, 0.3) is 0 Å². The molecule has 0 rings (SSSR count). The Morgan fingerprint density at radius 3 is 2.50 bits per heavy atom. The number of carboxylic acids is 1. The van der Waals surface area contributed by atoms with Gasteiger partial charge in [-0.05, 0) is 26.4 Å². The second-order valence-electron chi connectivity index (χ2n) is 3.81. The maximum Gasteiger partial charge on any atom is 0.326 e. The molecule has 0 fully saturated rings. The zero-order valence-electron chi connectivity index (χ0n) is 10.1. The third kappa shape index (κ3) is 7.23. The quantitative estimate of drug-likeness (QED) is 0.511. The zero-order valence-corrected chi connectivity index (χ0v) is 10.1. The van der Waals surface area contributed by atoms with Crippen LogP contribution in [0, 0.1) is 0 Å². The fourth-order valence-electron chi connectivity index (χ4n) is 1.36. The van der Waals surface area contributed by atoms with E-state index in [-0.39, 0.29) is 5.91 Å². The van der Waals surface area contributed by atoms with E-state index in [0.29, 0.717) is 12.8 Å². The molecular weight excluding hydrogens is 208 g/mol. The van der Waals surface area contributed by atoms with Gasteiger partial charge in [0.1, 0.15) is 6.04 Å². The van der Waals surface area contributed by atoms with Crippen molar-refractivity contribution in [2.75, 3.05) is 13.6 Å². The number of carbonyl (C=O) groups excluding carboxylic acids is 1. The average Bonchev–Trinajstić information content (AvgIpc) is 2.24. The number of aliphatic carboxylic acids is 1. The molecule has 94 valence electrons. The fraction of sp³-hybridized carbons (Fsp3) is 0.818. The van der Waals surface area contributed by atoms with Gasteiger partial charge in [-0.3, -0.25) is 4.79 Å². The first-order valence-electron chi connectivity index (χ1n) is 5.78. The zero-order chi connectivity index (χ0) is 12.4. The first-order chi connectivity index (χ1) is 7.61. The van der Waals surface area contributed by atoms with Crippen molar-refractivity contribution in [3.63, 3.8) is 0 Å². The Hall–Kier alpha value is -1.10. The number of unbranched alkanes of at least 4 members (excludes halogenated alkanes) is 1. The minimum Gasteiger partial charge on any atom is -0.480 e. The van der Waals surface area contributed by atoms with Gasteiger partial charge in [-0.15, -0.1) is 0 Å². The topological polar surface area (TPSA) is 78.4 Å². The largest absolute Gasteiger partial charge is 0.480 e. The van der Waals surface area contributed by atoms with Gasteiger partial charge in [0.15, 0.2) is 0 Å². The fourth-order valence-corrected chi connectivity index (χ4v) is 1.36. The highest BCUT2D eigenvalue weighted by atomic mass is 16.4. The number of carbonyl (C=O) groups is 2. The van der Waals surface area contributed by atoms with Crippen LogP contribution in [-0.2, 0) is 9.59 Å². The first-order valence-corrected chi connectivity index (χ1v) is 5.78. The molecule has 0 radical (unpaired) electrons. The summed E-state index contributed by atoms with van der Waals surface area (Å²) in [6.45, 7) is 2.76. The van der Waals surface area contributed by atoms with Gasteiger partial charge in [0, 0.05) is 6.42 Å². The summed E-state index contributed by atoms with van der Waals surface area (Å²) in [5, 5.41) is 14.4. The van der Waals surface area contributed by atoms with Crippen molar-refractivity contribution in [2.24, 2.45) is 0 Å². The van der Waals surface area contributed by atoms with E-state index in [4.69, 9.17) is 5.11 Å². The number of nitrogens with one attached hydrogen (secondary N) is 2. The van der Waals surface area contributed by atoms with Crippen LogP contribution in [0.25, 0.3) is 0 Å². The van der Waals surface area contributed by atoms with E-state index in [2.05, 4.69) is 10.6 Å². The first kappa shape index (κ1) is 14.9. The Bertz CT molecular complexity index is 219. The number of carboxylic acid groups (broad SMARTS) is 1. The molecule has 3 N–H and O–H groups in total. The molecular formula is C11H22N2O3. The number of hydrogen-bond acceptors (Lipinski definition) is 3. The lowest BCUT2D eigenvalue weighted by molar-refractivity contribution is -0.142. The van der Waals surface area contributed by atoms with Crippen molar-refractivity contribution < 1.29 is 14.7 Å². The highest BCUT2D eigenvalue weighted by molar-refractivity contribution is 5.83.